The van der Waals surface area contributed by atoms with Crippen LogP contribution in [-0.2, 0) is 13.0 Å². The van der Waals surface area contributed by atoms with Gasteiger partial charge in [0.25, 0.3) is 0 Å². The molecule has 0 saturated carbocycles. The van der Waals surface area contributed by atoms with Gasteiger partial charge >= 0.3 is 0 Å². The monoisotopic (exact) mass is 391 g/mol. The highest BCUT2D eigenvalue weighted by Gasteiger charge is 2.21. The summed E-state index contributed by atoms with van der Waals surface area (Å²) in [6.45, 7) is 8.62. The molecule has 2 heterocycles. The molecule has 4 rings (SSSR count). The van der Waals surface area contributed by atoms with E-state index in [9.17, 15) is 0 Å². The standard InChI is InChI=1S/C21H18ClN5O/c1-23-19-8-5-15(11-18(19)22)27-10-9-17-20(12-27)24-13-25-21(17)26-14-3-6-16(28-2)7-4-14/h3-8,11,13H,9-10,12H2,2H3,(H,24,25,26). The van der Waals surface area contributed by atoms with Crippen LogP contribution in [0.1, 0.15) is 11.3 Å². The highest BCUT2D eigenvalue weighted by molar-refractivity contribution is 6.33. The van der Waals surface area contributed by atoms with Crippen molar-refractivity contribution in [1.29, 1.82) is 0 Å². The van der Waals surface area contributed by atoms with Crippen LogP contribution in [0.3, 0.4) is 0 Å². The number of aromatic nitrogens is 2. The first kappa shape index (κ1) is 18.1. The molecule has 1 aliphatic heterocycles. The number of hydrogen-bond acceptors (Lipinski definition) is 5. The number of benzene rings is 2. The van der Waals surface area contributed by atoms with Crippen LogP contribution < -0.4 is 15.0 Å². The van der Waals surface area contributed by atoms with Gasteiger partial charge in [0.15, 0.2) is 0 Å². The Morgan fingerprint density at radius 1 is 1.18 bits per heavy atom. The van der Waals surface area contributed by atoms with E-state index in [0.29, 0.717) is 17.3 Å². The SMILES string of the molecule is [C-]#[N+]c1ccc(N2CCc3c(ncnc3Nc3ccc(OC)cc3)C2)cc1Cl. The summed E-state index contributed by atoms with van der Waals surface area (Å²) in [4.78, 5) is 14.6. The second-order valence-corrected chi connectivity index (χ2v) is 6.83. The lowest BCUT2D eigenvalue weighted by Crippen LogP contribution is -2.31. The van der Waals surface area contributed by atoms with Gasteiger partial charge in [-0.05, 0) is 42.8 Å². The van der Waals surface area contributed by atoms with Gasteiger partial charge in [-0.25, -0.2) is 14.8 Å². The third-order valence-corrected chi connectivity index (χ3v) is 5.08. The molecule has 0 spiro atoms. The van der Waals surface area contributed by atoms with Gasteiger partial charge in [-0.1, -0.05) is 17.7 Å². The lowest BCUT2D eigenvalue weighted by molar-refractivity contribution is 0.415. The van der Waals surface area contributed by atoms with Gasteiger partial charge in [-0.15, -0.1) is 0 Å². The quantitative estimate of drug-likeness (QED) is 0.634. The average molecular weight is 392 g/mol. The van der Waals surface area contributed by atoms with Crippen LogP contribution in [0.5, 0.6) is 5.75 Å². The first-order chi connectivity index (χ1) is 13.7. The third kappa shape index (κ3) is 3.57. The topological polar surface area (TPSA) is 54.6 Å². The number of nitrogens with one attached hydrogen (secondary N) is 1. The molecule has 0 radical (unpaired) electrons. The van der Waals surface area contributed by atoms with Gasteiger partial charge in [0.1, 0.15) is 17.9 Å². The van der Waals surface area contributed by atoms with E-state index in [4.69, 9.17) is 22.9 Å². The fourth-order valence-corrected chi connectivity index (χ4v) is 3.49. The summed E-state index contributed by atoms with van der Waals surface area (Å²) in [5, 5.41) is 3.86. The molecule has 2 aromatic carbocycles. The molecule has 0 fully saturated rings. The molecule has 28 heavy (non-hydrogen) atoms. The molecule has 1 N–H and O–H groups in total. The van der Waals surface area contributed by atoms with Crippen LogP contribution in [0.15, 0.2) is 48.8 Å². The minimum absolute atomic E-state index is 0.469. The maximum absolute atomic E-state index is 7.13. The zero-order valence-corrected chi connectivity index (χ0v) is 16.1. The minimum atomic E-state index is 0.469. The maximum Gasteiger partial charge on any atom is 0.205 e. The number of methoxy groups -OCH3 is 1. The molecular formula is C21H18ClN5O. The molecule has 1 aliphatic rings. The summed E-state index contributed by atoms with van der Waals surface area (Å²) >= 11 is 6.20. The van der Waals surface area contributed by atoms with Crippen LogP contribution >= 0.6 is 11.6 Å². The molecule has 0 aliphatic carbocycles. The molecule has 3 aromatic rings. The normalized spacial score (nSPS) is 12.8. The molecule has 1 aromatic heterocycles. The molecule has 0 bridgehead atoms. The van der Waals surface area contributed by atoms with Crippen LogP contribution in [-0.4, -0.2) is 23.6 Å². The van der Waals surface area contributed by atoms with E-state index in [1.807, 2.05) is 36.4 Å². The van der Waals surface area contributed by atoms with E-state index in [1.54, 1.807) is 19.5 Å². The Hall–Kier alpha value is -3.30. The van der Waals surface area contributed by atoms with Crippen LogP contribution in [0.4, 0.5) is 22.9 Å². The third-order valence-electron chi connectivity index (χ3n) is 4.78. The van der Waals surface area contributed by atoms with E-state index in [0.717, 1.165) is 47.2 Å². The smallest absolute Gasteiger partial charge is 0.205 e. The van der Waals surface area contributed by atoms with E-state index in [1.165, 1.54) is 0 Å². The Bertz CT molecular complexity index is 1050. The van der Waals surface area contributed by atoms with E-state index in [-0.39, 0.29) is 0 Å². The Labute approximate surface area is 168 Å². The summed E-state index contributed by atoms with van der Waals surface area (Å²) in [5.74, 6) is 1.64. The molecule has 0 saturated heterocycles. The summed E-state index contributed by atoms with van der Waals surface area (Å²) < 4.78 is 5.20. The van der Waals surface area contributed by atoms with Gasteiger partial charge in [0.2, 0.25) is 5.69 Å². The summed E-state index contributed by atoms with van der Waals surface area (Å²) in [7, 11) is 1.65. The summed E-state index contributed by atoms with van der Waals surface area (Å²) in [6.07, 6.45) is 2.40. The lowest BCUT2D eigenvalue weighted by Gasteiger charge is -2.31. The van der Waals surface area contributed by atoms with Crippen molar-refractivity contribution in [1.82, 2.24) is 9.97 Å². The lowest BCUT2D eigenvalue weighted by atomic mass is 10.0. The van der Waals surface area contributed by atoms with Crippen molar-refractivity contribution < 1.29 is 4.74 Å². The fraction of sp³-hybridized carbons (Fsp3) is 0.190. The van der Waals surface area contributed by atoms with Crippen molar-refractivity contribution in [2.75, 3.05) is 23.9 Å². The van der Waals surface area contributed by atoms with Crippen molar-refractivity contribution in [3.8, 4) is 5.75 Å². The second kappa shape index (κ2) is 7.75. The van der Waals surface area contributed by atoms with Gasteiger partial charge < -0.3 is 15.0 Å². The van der Waals surface area contributed by atoms with E-state index in [2.05, 4.69) is 25.0 Å². The Morgan fingerprint density at radius 2 is 2.00 bits per heavy atom. The molecule has 6 nitrogen and oxygen atoms in total. The van der Waals surface area contributed by atoms with Crippen LogP contribution in [0, 0.1) is 6.57 Å². The van der Waals surface area contributed by atoms with Gasteiger partial charge in [-0.3, -0.25) is 0 Å². The molecule has 7 heteroatoms. The predicted molar refractivity (Wildman–Crippen MR) is 111 cm³/mol. The largest absolute Gasteiger partial charge is 0.497 e. The number of hydrogen-bond donors (Lipinski definition) is 1. The summed E-state index contributed by atoms with van der Waals surface area (Å²) in [6, 6.07) is 13.3. The van der Waals surface area contributed by atoms with Crippen molar-refractivity contribution >= 4 is 34.5 Å². The molecule has 0 amide bonds. The predicted octanol–water partition coefficient (Wildman–Crippen LogP) is 5.00. The molecule has 0 unspecified atom stereocenters. The van der Waals surface area contributed by atoms with E-state index >= 15 is 0 Å². The number of fused-ring (bicyclic) bond motifs is 1. The maximum atomic E-state index is 7.13. The van der Waals surface area contributed by atoms with E-state index < -0.39 is 0 Å². The zero-order chi connectivity index (χ0) is 19.5. The second-order valence-electron chi connectivity index (χ2n) is 6.42. The minimum Gasteiger partial charge on any atom is -0.497 e. The van der Waals surface area contributed by atoms with Gasteiger partial charge in [0.05, 0.1) is 25.9 Å². The first-order valence-corrected chi connectivity index (χ1v) is 9.21. The number of ether oxygens (including phenoxy) is 1. The number of nitrogens with zero attached hydrogens (tertiary/aromatic N) is 4. The Balaban J connectivity index is 1.56. The fourth-order valence-electron chi connectivity index (χ4n) is 3.28. The summed E-state index contributed by atoms with van der Waals surface area (Å²) in [5.41, 5.74) is 4.52. The Morgan fingerprint density at radius 3 is 2.71 bits per heavy atom. The van der Waals surface area contributed by atoms with Gasteiger partial charge in [-0.2, -0.15) is 0 Å². The van der Waals surface area contributed by atoms with Gasteiger partial charge in [0, 0.05) is 28.5 Å². The number of halogens is 1. The molecule has 140 valence electrons. The number of rotatable bonds is 4. The van der Waals surface area contributed by atoms with Crippen LogP contribution in [0.25, 0.3) is 4.85 Å². The highest BCUT2D eigenvalue weighted by atomic mass is 35.5. The van der Waals surface area contributed by atoms with Crippen molar-refractivity contribution in [2.45, 2.75) is 13.0 Å². The first-order valence-electron chi connectivity index (χ1n) is 8.83. The molecular weight excluding hydrogens is 374 g/mol. The number of anilines is 3. The molecule has 0 atom stereocenters. The average Bonchev–Trinajstić information content (AvgIpc) is 2.74. The highest BCUT2D eigenvalue weighted by Crippen LogP contribution is 2.33. The van der Waals surface area contributed by atoms with Crippen molar-refractivity contribution in [3.63, 3.8) is 0 Å². The Kier molecular flexibility index (Phi) is 5.00. The zero-order valence-electron chi connectivity index (χ0n) is 15.3. The van der Waals surface area contributed by atoms with Crippen molar-refractivity contribution in [2.24, 2.45) is 0 Å². The van der Waals surface area contributed by atoms with Crippen molar-refractivity contribution in [3.05, 3.63) is 76.5 Å². The van der Waals surface area contributed by atoms with Crippen LogP contribution in [0.2, 0.25) is 5.02 Å².